The first-order valence-electron chi connectivity index (χ1n) is 5.43. The number of nitriles is 1. The van der Waals surface area contributed by atoms with Crippen molar-refractivity contribution >= 4 is 31.8 Å². The molecule has 2 rings (SSSR count). The molecule has 102 valence electrons. The van der Waals surface area contributed by atoms with E-state index >= 15 is 0 Å². The van der Waals surface area contributed by atoms with Gasteiger partial charge in [-0.25, -0.2) is 18.4 Å². The Kier molecular flexibility index (Phi) is 4.01. The van der Waals surface area contributed by atoms with Gasteiger partial charge in [-0.15, -0.1) is 0 Å². The lowest BCUT2D eigenvalue weighted by Gasteiger charge is -2.08. The summed E-state index contributed by atoms with van der Waals surface area (Å²) in [7, 11) is -3.77. The maximum Gasteiger partial charge on any atom is 0.264 e. The lowest BCUT2D eigenvalue weighted by molar-refractivity contribution is 0.600. The number of pyridine rings is 2. The van der Waals surface area contributed by atoms with Crippen molar-refractivity contribution in [2.45, 2.75) is 11.8 Å². The quantitative estimate of drug-likeness (QED) is 0.913. The predicted molar refractivity (Wildman–Crippen MR) is 76.4 cm³/mol. The summed E-state index contributed by atoms with van der Waals surface area (Å²) < 4.78 is 27.4. The number of anilines is 1. The summed E-state index contributed by atoms with van der Waals surface area (Å²) in [6, 6.07) is 6.10. The Labute approximate surface area is 124 Å². The van der Waals surface area contributed by atoms with Crippen molar-refractivity contribution in [1.82, 2.24) is 9.97 Å². The number of sulfonamides is 1. The van der Waals surface area contributed by atoms with Gasteiger partial charge in [0.05, 0.1) is 0 Å². The minimum absolute atomic E-state index is 0.0288. The van der Waals surface area contributed by atoms with Gasteiger partial charge in [0.25, 0.3) is 10.0 Å². The van der Waals surface area contributed by atoms with Crippen LogP contribution in [0.25, 0.3) is 0 Å². The van der Waals surface area contributed by atoms with E-state index in [9.17, 15) is 8.42 Å². The minimum atomic E-state index is -3.77. The second-order valence-corrected chi connectivity index (χ2v) is 6.45. The molecule has 0 aliphatic rings. The molecule has 0 aromatic carbocycles. The second kappa shape index (κ2) is 5.56. The van der Waals surface area contributed by atoms with Gasteiger partial charge in [-0.05, 0) is 46.6 Å². The maximum atomic E-state index is 12.1. The molecule has 0 aliphatic heterocycles. The largest absolute Gasteiger partial charge is 0.264 e. The van der Waals surface area contributed by atoms with Crippen molar-refractivity contribution < 1.29 is 8.42 Å². The van der Waals surface area contributed by atoms with Gasteiger partial charge in [-0.1, -0.05) is 0 Å². The molecule has 0 radical (unpaired) electrons. The summed E-state index contributed by atoms with van der Waals surface area (Å²) in [5.74, 6) is 0.218. The van der Waals surface area contributed by atoms with Gasteiger partial charge in [0.15, 0.2) is 0 Å². The standard InChI is InChI=1S/C12H9BrN4O2S/c1-8-4-12(16-7-11(8)13)17-20(18,19)10-3-2-9(5-14)15-6-10/h2-4,6-7H,1H3,(H,16,17). The monoisotopic (exact) mass is 352 g/mol. The van der Waals surface area contributed by atoms with E-state index in [2.05, 4.69) is 30.6 Å². The Balaban J connectivity index is 2.30. The number of hydrogen-bond donors (Lipinski definition) is 1. The Bertz CT molecular complexity index is 782. The van der Waals surface area contributed by atoms with Crippen LogP contribution in [0.4, 0.5) is 5.82 Å². The zero-order valence-electron chi connectivity index (χ0n) is 10.3. The molecule has 2 aromatic rings. The molecule has 0 aliphatic carbocycles. The zero-order chi connectivity index (χ0) is 14.8. The molecular weight excluding hydrogens is 344 g/mol. The molecule has 8 heteroatoms. The molecule has 6 nitrogen and oxygen atoms in total. The topological polar surface area (TPSA) is 95.7 Å². The Morgan fingerprint density at radius 1 is 1.30 bits per heavy atom. The molecule has 0 spiro atoms. The Morgan fingerprint density at radius 2 is 2.05 bits per heavy atom. The predicted octanol–water partition coefficient (Wildman–Crippen LogP) is 2.22. The van der Waals surface area contributed by atoms with E-state index < -0.39 is 10.0 Å². The van der Waals surface area contributed by atoms with Crippen LogP contribution >= 0.6 is 15.9 Å². The fraction of sp³-hybridized carbons (Fsp3) is 0.0833. The fourth-order valence-electron chi connectivity index (χ4n) is 1.40. The molecule has 0 atom stereocenters. The van der Waals surface area contributed by atoms with Gasteiger partial charge in [-0.2, -0.15) is 5.26 Å². The molecule has 0 bridgehead atoms. The van der Waals surface area contributed by atoms with Crippen LogP contribution in [-0.2, 0) is 10.0 Å². The van der Waals surface area contributed by atoms with Crippen LogP contribution < -0.4 is 4.72 Å². The highest BCUT2D eigenvalue weighted by Crippen LogP contribution is 2.19. The van der Waals surface area contributed by atoms with Crippen LogP contribution in [0, 0.1) is 18.3 Å². The Hall–Kier alpha value is -1.98. The van der Waals surface area contributed by atoms with Crippen molar-refractivity contribution in [3.05, 3.63) is 46.3 Å². The number of nitrogens with one attached hydrogen (secondary N) is 1. The number of nitrogens with zero attached hydrogens (tertiary/aromatic N) is 3. The van der Waals surface area contributed by atoms with E-state index in [0.717, 1.165) is 16.2 Å². The van der Waals surface area contributed by atoms with Crippen LogP contribution in [0.5, 0.6) is 0 Å². The molecule has 1 N–H and O–H groups in total. The number of hydrogen-bond acceptors (Lipinski definition) is 5. The van der Waals surface area contributed by atoms with Crippen molar-refractivity contribution in [3.8, 4) is 6.07 Å². The summed E-state index contributed by atoms with van der Waals surface area (Å²) in [5, 5.41) is 8.63. The van der Waals surface area contributed by atoms with E-state index in [-0.39, 0.29) is 16.4 Å². The van der Waals surface area contributed by atoms with Gasteiger partial charge >= 0.3 is 0 Å². The van der Waals surface area contributed by atoms with Gasteiger partial charge in [0.2, 0.25) is 0 Å². The molecule has 0 fully saturated rings. The summed E-state index contributed by atoms with van der Waals surface area (Å²) in [6.45, 7) is 1.83. The summed E-state index contributed by atoms with van der Waals surface area (Å²) in [5.41, 5.74) is 1.01. The fourth-order valence-corrected chi connectivity index (χ4v) is 2.56. The van der Waals surface area contributed by atoms with Gasteiger partial charge < -0.3 is 0 Å². The van der Waals surface area contributed by atoms with Crippen LogP contribution in [0.15, 0.2) is 40.0 Å². The highest BCUT2D eigenvalue weighted by molar-refractivity contribution is 9.10. The number of aromatic nitrogens is 2. The number of rotatable bonds is 3. The van der Waals surface area contributed by atoms with Crippen molar-refractivity contribution in [1.29, 1.82) is 5.26 Å². The van der Waals surface area contributed by atoms with E-state index in [4.69, 9.17) is 5.26 Å². The smallest absolute Gasteiger partial charge is 0.263 e. The first-order chi connectivity index (χ1) is 9.42. The summed E-state index contributed by atoms with van der Waals surface area (Å²) in [6.07, 6.45) is 2.65. The van der Waals surface area contributed by atoms with Gasteiger partial charge in [0, 0.05) is 16.9 Å². The summed E-state index contributed by atoms with van der Waals surface area (Å²) in [4.78, 5) is 7.67. The van der Waals surface area contributed by atoms with Crippen molar-refractivity contribution in [2.75, 3.05) is 4.72 Å². The normalized spacial score (nSPS) is 10.8. The molecule has 20 heavy (non-hydrogen) atoms. The van der Waals surface area contributed by atoms with E-state index in [1.807, 2.05) is 13.0 Å². The van der Waals surface area contributed by atoms with Gasteiger partial charge in [0.1, 0.15) is 22.5 Å². The number of halogens is 1. The molecule has 2 heterocycles. The van der Waals surface area contributed by atoms with E-state index in [1.54, 1.807) is 6.07 Å². The number of aryl methyl sites for hydroxylation is 1. The average Bonchev–Trinajstić information content (AvgIpc) is 2.43. The molecule has 0 amide bonds. The first-order valence-corrected chi connectivity index (χ1v) is 7.71. The molecular formula is C12H9BrN4O2S. The zero-order valence-corrected chi connectivity index (χ0v) is 12.7. The summed E-state index contributed by atoms with van der Waals surface area (Å²) >= 11 is 3.29. The van der Waals surface area contributed by atoms with E-state index in [1.165, 1.54) is 18.3 Å². The first kappa shape index (κ1) is 14.4. The average molecular weight is 353 g/mol. The Morgan fingerprint density at radius 3 is 2.60 bits per heavy atom. The third-order valence-electron chi connectivity index (χ3n) is 2.45. The lowest BCUT2D eigenvalue weighted by atomic mass is 10.3. The molecule has 2 aromatic heterocycles. The van der Waals surface area contributed by atoms with Crippen LogP contribution in [0.1, 0.15) is 11.3 Å². The second-order valence-electron chi connectivity index (χ2n) is 3.92. The lowest BCUT2D eigenvalue weighted by Crippen LogP contribution is -2.14. The highest BCUT2D eigenvalue weighted by Gasteiger charge is 2.15. The highest BCUT2D eigenvalue weighted by atomic mass is 79.9. The molecule has 0 saturated heterocycles. The molecule has 0 unspecified atom stereocenters. The van der Waals surface area contributed by atoms with Crippen molar-refractivity contribution in [3.63, 3.8) is 0 Å². The van der Waals surface area contributed by atoms with E-state index in [0.29, 0.717) is 0 Å². The van der Waals surface area contributed by atoms with Crippen molar-refractivity contribution in [2.24, 2.45) is 0 Å². The van der Waals surface area contributed by atoms with Gasteiger partial charge in [-0.3, -0.25) is 4.72 Å². The maximum absolute atomic E-state index is 12.1. The third kappa shape index (κ3) is 3.12. The van der Waals surface area contributed by atoms with Crippen LogP contribution in [0.2, 0.25) is 0 Å². The van der Waals surface area contributed by atoms with Crippen LogP contribution in [-0.4, -0.2) is 18.4 Å². The SMILES string of the molecule is Cc1cc(NS(=O)(=O)c2ccc(C#N)nc2)ncc1Br. The molecule has 0 saturated carbocycles. The third-order valence-corrected chi connectivity index (χ3v) is 4.62. The minimum Gasteiger partial charge on any atom is -0.263 e. The van der Waals surface area contributed by atoms with Crippen LogP contribution in [0.3, 0.4) is 0 Å².